The standard InChI is InChI=1S/C48H32P2/c1-5-19-41(20-6-1)49(42-21-7-2-8-22-42)35-33-39-31-29-37-17-13-15-27-45(37)47(39)48-40(32-30-38-18-14-16-28-46(38)48)34-36-50(43-23-9-3-10-24-43)44-25-11-4-12-26-44/h1-32H. The molecule has 0 saturated carbocycles. The quantitative estimate of drug-likeness (QED) is 0.126. The Morgan fingerprint density at radius 2 is 0.580 bits per heavy atom. The van der Waals surface area contributed by atoms with Crippen molar-refractivity contribution in [3.8, 4) is 34.3 Å². The van der Waals surface area contributed by atoms with E-state index in [-0.39, 0.29) is 0 Å². The molecule has 8 aromatic carbocycles. The molecule has 8 rings (SSSR count). The molecule has 0 aromatic heterocycles. The molecular formula is C48H32P2. The van der Waals surface area contributed by atoms with Crippen LogP contribution in [0.25, 0.3) is 32.7 Å². The summed E-state index contributed by atoms with van der Waals surface area (Å²) in [5, 5.41) is 9.71. The van der Waals surface area contributed by atoms with Gasteiger partial charge in [-0.25, -0.2) is 0 Å². The number of benzene rings is 8. The minimum atomic E-state index is -0.895. The minimum absolute atomic E-state index is 0.895. The van der Waals surface area contributed by atoms with E-state index < -0.39 is 15.8 Å². The van der Waals surface area contributed by atoms with E-state index in [1.165, 1.54) is 42.8 Å². The molecule has 0 unspecified atom stereocenters. The molecule has 0 atom stereocenters. The van der Waals surface area contributed by atoms with Gasteiger partial charge in [-0.3, -0.25) is 0 Å². The van der Waals surface area contributed by atoms with Crippen molar-refractivity contribution in [2.75, 3.05) is 0 Å². The summed E-state index contributed by atoms with van der Waals surface area (Å²) < 4.78 is 0. The highest BCUT2D eigenvalue weighted by Gasteiger charge is 2.18. The smallest absolute Gasteiger partial charge is 0.0348 e. The predicted molar refractivity (Wildman–Crippen MR) is 219 cm³/mol. The van der Waals surface area contributed by atoms with E-state index in [1.807, 2.05) is 0 Å². The molecular weight excluding hydrogens is 638 g/mol. The third-order valence-corrected chi connectivity index (χ3v) is 12.7. The molecule has 0 bridgehead atoms. The van der Waals surface area contributed by atoms with Crippen molar-refractivity contribution in [3.05, 3.63) is 205 Å². The van der Waals surface area contributed by atoms with Crippen molar-refractivity contribution in [1.29, 1.82) is 0 Å². The second kappa shape index (κ2) is 14.8. The Bertz CT molecular complexity index is 2280. The van der Waals surface area contributed by atoms with Crippen LogP contribution in [0, 0.1) is 23.2 Å². The molecule has 0 N–H and O–H groups in total. The van der Waals surface area contributed by atoms with Crippen LogP contribution in [-0.4, -0.2) is 0 Å². The SMILES string of the molecule is C(#CP(c1ccccc1)c1ccccc1)c1ccc2ccccc2c1-c1c(C#CP(c2ccccc2)c2ccccc2)ccc2ccccc12. The van der Waals surface area contributed by atoms with Crippen molar-refractivity contribution < 1.29 is 0 Å². The van der Waals surface area contributed by atoms with Crippen molar-refractivity contribution in [3.63, 3.8) is 0 Å². The van der Waals surface area contributed by atoms with Crippen LogP contribution in [0.2, 0.25) is 0 Å². The summed E-state index contributed by atoms with van der Waals surface area (Å²) in [5.74, 6) is 7.49. The maximum atomic E-state index is 3.79. The molecule has 0 aliphatic heterocycles. The van der Waals surface area contributed by atoms with Crippen LogP contribution in [-0.2, 0) is 0 Å². The van der Waals surface area contributed by atoms with E-state index >= 15 is 0 Å². The third kappa shape index (κ3) is 6.62. The lowest BCUT2D eigenvalue weighted by Crippen LogP contribution is -2.09. The van der Waals surface area contributed by atoms with E-state index in [4.69, 9.17) is 0 Å². The van der Waals surface area contributed by atoms with Gasteiger partial charge in [0.1, 0.15) is 0 Å². The lowest BCUT2D eigenvalue weighted by molar-refractivity contribution is 1.62. The van der Waals surface area contributed by atoms with Crippen LogP contribution in [0.4, 0.5) is 0 Å². The normalized spacial score (nSPS) is 10.8. The molecule has 0 saturated heterocycles. The van der Waals surface area contributed by atoms with Crippen molar-refractivity contribution in [2.24, 2.45) is 0 Å². The zero-order chi connectivity index (χ0) is 33.5. The van der Waals surface area contributed by atoms with Gasteiger partial charge in [-0.15, -0.1) is 0 Å². The molecule has 2 heteroatoms. The Labute approximate surface area is 297 Å². The second-order valence-corrected chi connectivity index (χ2v) is 15.8. The number of rotatable bonds is 5. The first-order valence-corrected chi connectivity index (χ1v) is 19.4. The van der Waals surface area contributed by atoms with Gasteiger partial charge in [-0.2, -0.15) is 0 Å². The van der Waals surface area contributed by atoms with Gasteiger partial charge in [0.25, 0.3) is 0 Å². The fourth-order valence-electron chi connectivity index (χ4n) is 6.39. The highest BCUT2D eigenvalue weighted by atomic mass is 31.1. The summed E-state index contributed by atoms with van der Waals surface area (Å²) in [4.78, 5) is 0. The lowest BCUT2D eigenvalue weighted by atomic mass is 9.87. The maximum absolute atomic E-state index is 3.79. The van der Waals surface area contributed by atoms with Crippen LogP contribution in [0.1, 0.15) is 11.1 Å². The monoisotopic (exact) mass is 670 g/mol. The van der Waals surface area contributed by atoms with Crippen molar-refractivity contribution in [1.82, 2.24) is 0 Å². The van der Waals surface area contributed by atoms with Crippen LogP contribution in [0.3, 0.4) is 0 Å². The van der Waals surface area contributed by atoms with Gasteiger partial charge in [0.05, 0.1) is 0 Å². The number of hydrogen-bond donors (Lipinski definition) is 0. The van der Waals surface area contributed by atoms with Gasteiger partial charge in [-0.1, -0.05) is 205 Å². The lowest BCUT2D eigenvalue weighted by Gasteiger charge is -2.16. The van der Waals surface area contributed by atoms with E-state index in [0.717, 1.165) is 22.3 Å². The van der Waals surface area contributed by atoms with Gasteiger partial charge in [0.15, 0.2) is 0 Å². The van der Waals surface area contributed by atoms with Crippen molar-refractivity contribution in [2.45, 2.75) is 0 Å². The molecule has 0 heterocycles. The van der Waals surface area contributed by atoms with Gasteiger partial charge in [0.2, 0.25) is 0 Å². The van der Waals surface area contributed by atoms with E-state index in [0.29, 0.717) is 0 Å². The summed E-state index contributed by atoms with van der Waals surface area (Å²) >= 11 is 0. The van der Waals surface area contributed by atoms with Crippen LogP contribution >= 0.6 is 15.8 Å². The molecule has 0 nitrogen and oxygen atoms in total. The molecule has 234 valence electrons. The van der Waals surface area contributed by atoms with Gasteiger partial charge >= 0.3 is 0 Å². The zero-order valence-corrected chi connectivity index (χ0v) is 29.2. The molecule has 0 aliphatic carbocycles. The Hall–Kier alpha value is -5.74. The Morgan fingerprint density at radius 1 is 0.280 bits per heavy atom. The molecule has 0 amide bonds. The first-order valence-electron chi connectivity index (χ1n) is 16.7. The molecule has 0 aliphatic rings. The maximum Gasteiger partial charge on any atom is 0.0348 e. The molecule has 50 heavy (non-hydrogen) atoms. The zero-order valence-electron chi connectivity index (χ0n) is 27.4. The minimum Gasteiger partial charge on any atom is -0.0622 e. The largest absolute Gasteiger partial charge is 0.0622 e. The van der Waals surface area contributed by atoms with Crippen LogP contribution in [0.15, 0.2) is 194 Å². The van der Waals surface area contributed by atoms with Gasteiger partial charge < -0.3 is 0 Å². The summed E-state index contributed by atoms with van der Waals surface area (Å²) in [5.41, 5.74) is 11.9. The Kier molecular flexibility index (Phi) is 9.33. The molecule has 8 aromatic rings. The van der Waals surface area contributed by atoms with E-state index in [9.17, 15) is 0 Å². The number of hydrogen-bond acceptors (Lipinski definition) is 0. The topological polar surface area (TPSA) is 0 Å². The predicted octanol–water partition coefficient (Wildman–Crippen LogP) is 10.5. The highest BCUT2D eigenvalue weighted by molar-refractivity contribution is 7.77. The Balaban J connectivity index is 1.37. The average Bonchev–Trinajstić information content (AvgIpc) is 3.19. The summed E-state index contributed by atoms with van der Waals surface area (Å²) in [7, 11) is -1.79. The fraction of sp³-hybridized carbons (Fsp3) is 0. The third-order valence-electron chi connectivity index (χ3n) is 8.77. The first kappa shape index (κ1) is 31.5. The van der Waals surface area contributed by atoms with Gasteiger partial charge in [0, 0.05) is 38.1 Å². The fourth-order valence-corrected chi connectivity index (χ4v) is 9.85. The first-order chi connectivity index (χ1) is 24.8. The Morgan fingerprint density at radius 3 is 0.920 bits per heavy atom. The molecule has 0 spiro atoms. The average molecular weight is 671 g/mol. The number of fused-ring (bicyclic) bond motifs is 2. The second-order valence-electron chi connectivity index (χ2n) is 11.9. The van der Waals surface area contributed by atoms with E-state index in [2.05, 4.69) is 217 Å². The van der Waals surface area contributed by atoms with Gasteiger partial charge in [-0.05, 0) is 54.9 Å². The van der Waals surface area contributed by atoms with Crippen LogP contribution in [0.5, 0.6) is 0 Å². The summed E-state index contributed by atoms with van der Waals surface area (Å²) in [6.07, 6.45) is 0. The van der Waals surface area contributed by atoms with E-state index in [1.54, 1.807) is 0 Å². The highest BCUT2D eigenvalue weighted by Crippen LogP contribution is 2.40. The summed E-state index contributed by atoms with van der Waals surface area (Å²) in [6.45, 7) is 0. The molecule has 0 radical (unpaired) electrons. The molecule has 0 fully saturated rings. The summed E-state index contributed by atoms with van der Waals surface area (Å²) in [6, 6.07) is 68.9. The van der Waals surface area contributed by atoms with Crippen LogP contribution < -0.4 is 21.2 Å². The van der Waals surface area contributed by atoms with Crippen molar-refractivity contribution >= 4 is 58.6 Å².